The first-order valence-corrected chi connectivity index (χ1v) is 11.3. The summed E-state index contributed by atoms with van der Waals surface area (Å²) in [6, 6.07) is 9.07. The number of hydrogen-bond donors (Lipinski definition) is 0. The molecule has 2 aliphatic carbocycles. The molecule has 0 atom stereocenters. The maximum absolute atomic E-state index is 10.5. The molecule has 4 nitrogen and oxygen atoms in total. The SMILES string of the molecule is COCC1(c2nc3c(c(-c4cccc5c4C=NC5)c2C#N)CCCCC3)CCCC1. The quantitative estimate of drug-likeness (QED) is 0.657. The molecule has 0 saturated heterocycles. The van der Waals surface area contributed by atoms with E-state index >= 15 is 0 Å². The van der Waals surface area contributed by atoms with Gasteiger partial charge in [0.05, 0.1) is 24.4 Å². The number of hydrogen-bond acceptors (Lipinski definition) is 4. The minimum Gasteiger partial charge on any atom is -0.384 e. The van der Waals surface area contributed by atoms with E-state index in [-0.39, 0.29) is 5.41 Å². The fraction of sp³-hybridized carbons (Fsp3) is 0.500. The van der Waals surface area contributed by atoms with Crippen LogP contribution in [0.4, 0.5) is 0 Å². The van der Waals surface area contributed by atoms with Gasteiger partial charge in [-0.3, -0.25) is 9.98 Å². The number of nitriles is 1. The van der Waals surface area contributed by atoms with E-state index in [4.69, 9.17) is 9.72 Å². The number of aliphatic imine (C=N–C) groups is 1. The standard InChI is InChI=1S/C26H29N3O/c1-30-17-26(12-5-6-13-26)25-21(14-27)24(20-9-3-2-4-11-23(20)29-25)19-10-7-8-18-15-28-16-22(18)19/h7-8,10,16H,2-6,9,11-13,15,17H2,1H3. The second-order valence-corrected chi connectivity index (χ2v) is 9.08. The summed E-state index contributed by atoms with van der Waals surface area (Å²) in [4.78, 5) is 9.78. The maximum Gasteiger partial charge on any atom is 0.102 e. The Balaban J connectivity index is 1.82. The molecule has 1 saturated carbocycles. The Labute approximate surface area is 179 Å². The average molecular weight is 400 g/mol. The van der Waals surface area contributed by atoms with Crippen molar-refractivity contribution in [1.82, 2.24) is 4.98 Å². The van der Waals surface area contributed by atoms with E-state index in [1.165, 1.54) is 48.1 Å². The molecule has 30 heavy (non-hydrogen) atoms. The van der Waals surface area contributed by atoms with E-state index in [0.29, 0.717) is 6.61 Å². The summed E-state index contributed by atoms with van der Waals surface area (Å²) in [6.07, 6.45) is 12.0. The summed E-state index contributed by atoms with van der Waals surface area (Å²) in [7, 11) is 1.77. The molecule has 1 aliphatic heterocycles. The van der Waals surface area contributed by atoms with Gasteiger partial charge in [0, 0.05) is 35.6 Å². The summed E-state index contributed by atoms with van der Waals surface area (Å²) in [5, 5.41) is 10.5. The van der Waals surface area contributed by atoms with E-state index in [1.54, 1.807) is 7.11 Å². The van der Waals surface area contributed by atoms with Crippen LogP contribution in [0.2, 0.25) is 0 Å². The van der Waals surface area contributed by atoms with Crippen molar-refractivity contribution < 1.29 is 4.74 Å². The third-order valence-corrected chi connectivity index (χ3v) is 7.27. The average Bonchev–Trinajstić information content (AvgIpc) is 3.38. The molecule has 0 radical (unpaired) electrons. The van der Waals surface area contributed by atoms with Crippen LogP contribution >= 0.6 is 0 Å². The summed E-state index contributed by atoms with van der Waals surface area (Å²) in [6.45, 7) is 1.38. The maximum atomic E-state index is 10.5. The van der Waals surface area contributed by atoms with E-state index in [1.807, 2.05) is 6.21 Å². The second kappa shape index (κ2) is 7.96. The summed E-state index contributed by atoms with van der Waals surface area (Å²) >= 11 is 0. The zero-order valence-corrected chi connectivity index (χ0v) is 17.8. The molecule has 0 N–H and O–H groups in total. The van der Waals surface area contributed by atoms with Gasteiger partial charge in [0.15, 0.2) is 0 Å². The highest BCUT2D eigenvalue weighted by Crippen LogP contribution is 2.46. The lowest BCUT2D eigenvalue weighted by Gasteiger charge is -2.31. The van der Waals surface area contributed by atoms with Gasteiger partial charge in [0.1, 0.15) is 6.07 Å². The minimum atomic E-state index is -0.137. The molecule has 3 aliphatic rings. The molecule has 5 rings (SSSR count). The number of fused-ring (bicyclic) bond motifs is 2. The predicted molar refractivity (Wildman–Crippen MR) is 119 cm³/mol. The van der Waals surface area contributed by atoms with Crippen molar-refractivity contribution in [3.05, 3.63) is 51.8 Å². The molecule has 0 bridgehead atoms. The van der Waals surface area contributed by atoms with Crippen molar-refractivity contribution in [2.75, 3.05) is 13.7 Å². The number of methoxy groups -OCH3 is 1. The van der Waals surface area contributed by atoms with Crippen LogP contribution < -0.4 is 0 Å². The van der Waals surface area contributed by atoms with Gasteiger partial charge in [0.2, 0.25) is 0 Å². The van der Waals surface area contributed by atoms with Crippen molar-refractivity contribution in [2.24, 2.45) is 4.99 Å². The topological polar surface area (TPSA) is 58.3 Å². The van der Waals surface area contributed by atoms with Gasteiger partial charge in [-0.15, -0.1) is 0 Å². The van der Waals surface area contributed by atoms with Gasteiger partial charge in [-0.05, 0) is 55.2 Å². The number of pyridine rings is 1. The smallest absolute Gasteiger partial charge is 0.102 e. The van der Waals surface area contributed by atoms with Gasteiger partial charge < -0.3 is 4.74 Å². The van der Waals surface area contributed by atoms with Crippen LogP contribution in [0.1, 0.15) is 78.6 Å². The predicted octanol–water partition coefficient (Wildman–Crippen LogP) is 5.28. The zero-order chi connectivity index (χ0) is 20.6. The largest absolute Gasteiger partial charge is 0.384 e. The Hall–Kier alpha value is -2.51. The first-order chi connectivity index (χ1) is 14.8. The second-order valence-electron chi connectivity index (χ2n) is 9.08. The van der Waals surface area contributed by atoms with Crippen molar-refractivity contribution in [1.29, 1.82) is 5.26 Å². The third-order valence-electron chi connectivity index (χ3n) is 7.27. The van der Waals surface area contributed by atoms with Gasteiger partial charge in [0.25, 0.3) is 0 Å². The van der Waals surface area contributed by atoms with E-state index in [0.717, 1.165) is 61.0 Å². The van der Waals surface area contributed by atoms with Crippen molar-refractivity contribution >= 4 is 6.21 Å². The van der Waals surface area contributed by atoms with Crippen LogP contribution in [0, 0.1) is 11.3 Å². The van der Waals surface area contributed by atoms with Crippen molar-refractivity contribution in [2.45, 2.75) is 69.7 Å². The lowest BCUT2D eigenvalue weighted by molar-refractivity contribution is 0.129. The normalized spacial score (nSPS) is 19.2. The number of aryl methyl sites for hydroxylation is 1. The molecule has 0 amide bonds. The number of rotatable bonds is 4. The molecule has 0 unspecified atom stereocenters. The summed E-state index contributed by atoms with van der Waals surface area (Å²) in [5.74, 6) is 0. The summed E-state index contributed by atoms with van der Waals surface area (Å²) in [5.41, 5.74) is 8.88. The van der Waals surface area contributed by atoms with E-state index in [9.17, 15) is 5.26 Å². The van der Waals surface area contributed by atoms with Crippen LogP contribution in [0.3, 0.4) is 0 Å². The molecule has 1 aromatic heterocycles. The highest BCUT2D eigenvalue weighted by molar-refractivity contribution is 5.96. The van der Waals surface area contributed by atoms with Gasteiger partial charge in [-0.2, -0.15) is 5.26 Å². The Morgan fingerprint density at radius 3 is 2.73 bits per heavy atom. The molecule has 1 fully saturated rings. The van der Waals surface area contributed by atoms with Gasteiger partial charge >= 0.3 is 0 Å². The number of aromatic nitrogens is 1. The Morgan fingerprint density at radius 2 is 1.93 bits per heavy atom. The van der Waals surface area contributed by atoms with Crippen LogP contribution in [0.5, 0.6) is 0 Å². The lowest BCUT2D eigenvalue weighted by atomic mass is 9.77. The van der Waals surface area contributed by atoms with Crippen LogP contribution in [-0.4, -0.2) is 24.9 Å². The van der Waals surface area contributed by atoms with Crippen LogP contribution in [-0.2, 0) is 29.5 Å². The Kier molecular flexibility index (Phi) is 5.16. The lowest BCUT2D eigenvalue weighted by Crippen LogP contribution is -2.31. The number of benzene rings is 1. The highest BCUT2D eigenvalue weighted by atomic mass is 16.5. The molecule has 1 aromatic carbocycles. The molecule has 0 spiro atoms. The van der Waals surface area contributed by atoms with Crippen LogP contribution in [0.15, 0.2) is 23.2 Å². The molecular formula is C26H29N3O. The minimum absolute atomic E-state index is 0.137. The Bertz CT molecular complexity index is 1040. The molecule has 2 aromatic rings. The first-order valence-electron chi connectivity index (χ1n) is 11.3. The van der Waals surface area contributed by atoms with E-state index < -0.39 is 0 Å². The zero-order valence-electron chi connectivity index (χ0n) is 17.8. The molecule has 154 valence electrons. The third kappa shape index (κ3) is 3.08. The first kappa shape index (κ1) is 19.5. The van der Waals surface area contributed by atoms with Crippen LogP contribution in [0.25, 0.3) is 11.1 Å². The monoisotopic (exact) mass is 399 g/mol. The van der Waals surface area contributed by atoms with Gasteiger partial charge in [-0.1, -0.05) is 37.5 Å². The fourth-order valence-corrected chi connectivity index (χ4v) is 5.84. The molecular weight excluding hydrogens is 370 g/mol. The van der Waals surface area contributed by atoms with Gasteiger partial charge in [-0.25, -0.2) is 0 Å². The Morgan fingerprint density at radius 1 is 1.10 bits per heavy atom. The fourth-order valence-electron chi connectivity index (χ4n) is 5.84. The number of nitrogens with zero attached hydrogens (tertiary/aromatic N) is 3. The summed E-state index contributed by atoms with van der Waals surface area (Å²) < 4.78 is 5.70. The molecule has 2 heterocycles. The highest BCUT2D eigenvalue weighted by Gasteiger charge is 2.41. The number of ether oxygens (including phenoxy) is 1. The van der Waals surface area contributed by atoms with E-state index in [2.05, 4.69) is 29.3 Å². The van der Waals surface area contributed by atoms with Crippen molar-refractivity contribution in [3.63, 3.8) is 0 Å². The molecule has 4 heteroatoms. The van der Waals surface area contributed by atoms with Crippen molar-refractivity contribution in [3.8, 4) is 17.2 Å².